The molecule has 8 heteroatoms. The van der Waals surface area contributed by atoms with Crippen LogP contribution in [0.25, 0.3) is 10.8 Å². The van der Waals surface area contributed by atoms with Crippen molar-refractivity contribution in [3.05, 3.63) is 60.7 Å². The van der Waals surface area contributed by atoms with Gasteiger partial charge in [-0.2, -0.15) is 0 Å². The van der Waals surface area contributed by atoms with Gasteiger partial charge in [-0.15, -0.1) is 6.42 Å². The van der Waals surface area contributed by atoms with Gasteiger partial charge in [-0.25, -0.2) is 0 Å². The third-order valence-electron chi connectivity index (χ3n) is 5.27. The van der Waals surface area contributed by atoms with Crippen molar-refractivity contribution in [2.24, 2.45) is 0 Å². The molecule has 0 amide bonds. The third-order valence-corrected chi connectivity index (χ3v) is 6.30. The zero-order chi connectivity index (χ0) is 24.7. The highest BCUT2D eigenvalue weighted by Gasteiger charge is 2.22. The van der Waals surface area contributed by atoms with Crippen molar-refractivity contribution >= 4 is 46.0 Å². The lowest BCUT2D eigenvalue weighted by molar-refractivity contribution is -0.137. The molecule has 0 fully saturated rings. The Morgan fingerprint density at radius 3 is 2.18 bits per heavy atom. The summed E-state index contributed by atoms with van der Waals surface area (Å²) in [6, 6.07) is 18.4. The molecule has 0 radical (unpaired) electrons. The third kappa shape index (κ3) is 5.94. The number of anilines is 2. The van der Waals surface area contributed by atoms with Gasteiger partial charge < -0.3 is 24.2 Å². The first kappa shape index (κ1) is 24.8. The number of hydrogen-bond donors (Lipinski definition) is 2. The molecule has 0 aliphatic heterocycles. The number of aliphatic carboxylic acids is 2. The lowest BCUT2D eigenvalue weighted by atomic mass is 10.0. The van der Waals surface area contributed by atoms with Crippen molar-refractivity contribution in [2.45, 2.75) is 24.3 Å². The number of carboxylic acid groups (broad SMARTS) is 2. The first-order valence-electron chi connectivity index (χ1n) is 10.6. The average molecular weight is 479 g/mol. The minimum Gasteiger partial charge on any atom is -0.497 e. The molecule has 3 aromatic rings. The maximum atomic E-state index is 11.7. The summed E-state index contributed by atoms with van der Waals surface area (Å²) in [6.45, 7) is 1.85. The van der Waals surface area contributed by atoms with Crippen LogP contribution in [0.4, 0.5) is 11.4 Å². The zero-order valence-electron chi connectivity index (χ0n) is 19.0. The highest BCUT2D eigenvalue weighted by atomic mass is 32.2. The van der Waals surface area contributed by atoms with E-state index in [9.17, 15) is 19.8 Å². The highest BCUT2D eigenvalue weighted by Crippen LogP contribution is 2.39. The summed E-state index contributed by atoms with van der Waals surface area (Å²) in [7, 11) is 1.59. The highest BCUT2D eigenvalue weighted by molar-refractivity contribution is 8.00. The molecular formula is C26H26N2O5S. The van der Waals surface area contributed by atoms with E-state index in [1.54, 1.807) is 11.4 Å². The Balaban J connectivity index is 2.07. The number of rotatable bonds is 11. The van der Waals surface area contributed by atoms with Crippen molar-refractivity contribution in [3.63, 3.8) is 0 Å². The number of carbonyl (C=O) groups is 2. The monoisotopic (exact) mass is 478 g/mol. The van der Waals surface area contributed by atoms with E-state index in [2.05, 4.69) is 5.92 Å². The minimum atomic E-state index is -0.960. The maximum absolute atomic E-state index is 11.7. The quantitative estimate of drug-likeness (QED) is 0.301. The Hall–Kier alpha value is -3.83. The van der Waals surface area contributed by atoms with Crippen LogP contribution in [0.15, 0.2) is 65.6 Å². The predicted octanol–water partition coefficient (Wildman–Crippen LogP) is 4.75. The van der Waals surface area contributed by atoms with Crippen LogP contribution in [0.2, 0.25) is 0 Å². The van der Waals surface area contributed by atoms with Gasteiger partial charge in [0.25, 0.3) is 0 Å². The van der Waals surface area contributed by atoms with Crippen molar-refractivity contribution in [1.82, 2.24) is 0 Å². The molecule has 0 aromatic heterocycles. The summed E-state index contributed by atoms with van der Waals surface area (Å²) in [5.74, 6) is 1.47. The molecule has 0 saturated heterocycles. The van der Waals surface area contributed by atoms with E-state index in [0.717, 1.165) is 27.0 Å². The van der Waals surface area contributed by atoms with Gasteiger partial charge in [-0.3, -0.25) is 9.59 Å². The molecule has 34 heavy (non-hydrogen) atoms. The van der Waals surface area contributed by atoms with Crippen LogP contribution in [-0.4, -0.2) is 48.4 Å². The van der Waals surface area contributed by atoms with Gasteiger partial charge in [0, 0.05) is 27.4 Å². The molecule has 1 atom stereocenters. The SMILES string of the molecule is C#CCN(c1ccc(N(CC(=O)O)Sc2ccc(OC)cc2)c2ccccc12)[C@@H](C)CC(=O)O. The summed E-state index contributed by atoms with van der Waals surface area (Å²) in [4.78, 5) is 25.8. The molecule has 3 aromatic carbocycles. The second kappa shape index (κ2) is 11.3. The lowest BCUT2D eigenvalue weighted by Crippen LogP contribution is -2.35. The average Bonchev–Trinajstić information content (AvgIpc) is 2.81. The van der Waals surface area contributed by atoms with E-state index in [4.69, 9.17) is 11.2 Å². The van der Waals surface area contributed by atoms with Gasteiger partial charge in [0.05, 0.1) is 25.8 Å². The number of ether oxygens (including phenoxy) is 1. The van der Waals surface area contributed by atoms with Gasteiger partial charge in [0.1, 0.15) is 12.3 Å². The molecule has 7 nitrogen and oxygen atoms in total. The number of nitrogens with zero attached hydrogens (tertiary/aromatic N) is 2. The second-order valence-electron chi connectivity index (χ2n) is 7.63. The predicted molar refractivity (Wildman–Crippen MR) is 136 cm³/mol. The van der Waals surface area contributed by atoms with Crippen molar-refractivity contribution in [3.8, 4) is 18.1 Å². The Labute approximate surface area is 203 Å². The Morgan fingerprint density at radius 2 is 1.62 bits per heavy atom. The molecule has 2 N–H and O–H groups in total. The lowest BCUT2D eigenvalue weighted by Gasteiger charge is -2.31. The fourth-order valence-corrected chi connectivity index (χ4v) is 4.67. The molecule has 0 heterocycles. The number of terminal acetylenes is 1. The van der Waals surface area contributed by atoms with E-state index in [-0.39, 0.29) is 25.6 Å². The van der Waals surface area contributed by atoms with Crippen LogP contribution < -0.4 is 13.9 Å². The smallest absolute Gasteiger partial charge is 0.324 e. The van der Waals surface area contributed by atoms with E-state index in [1.165, 1.54) is 11.9 Å². The topological polar surface area (TPSA) is 90.3 Å². The minimum absolute atomic E-state index is 0.0593. The zero-order valence-corrected chi connectivity index (χ0v) is 19.8. The number of methoxy groups -OCH3 is 1. The number of benzene rings is 3. The maximum Gasteiger partial charge on any atom is 0.324 e. The number of hydrogen-bond acceptors (Lipinski definition) is 6. The summed E-state index contributed by atoms with van der Waals surface area (Å²) in [6.07, 6.45) is 5.53. The largest absolute Gasteiger partial charge is 0.497 e. The van der Waals surface area contributed by atoms with Gasteiger partial charge in [0.2, 0.25) is 0 Å². The Bertz CT molecular complexity index is 1210. The fourth-order valence-electron chi connectivity index (χ4n) is 3.73. The first-order chi connectivity index (χ1) is 16.3. The Morgan fingerprint density at radius 1 is 1.00 bits per heavy atom. The molecule has 0 bridgehead atoms. The molecule has 0 unspecified atom stereocenters. The second-order valence-corrected chi connectivity index (χ2v) is 8.72. The number of carboxylic acids is 2. The van der Waals surface area contributed by atoms with Crippen LogP contribution >= 0.6 is 11.9 Å². The Kier molecular flexibility index (Phi) is 8.28. The van der Waals surface area contributed by atoms with Crippen molar-refractivity contribution < 1.29 is 24.5 Å². The molecule has 0 spiro atoms. The molecule has 0 aliphatic carbocycles. The van der Waals surface area contributed by atoms with E-state index in [0.29, 0.717) is 5.75 Å². The van der Waals surface area contributed by atoms with Gasteiger partial charge in [-0.05, 0) is 55.3 Å². The van der Waals surface area contributed by atoms with Crippen LogP contribution in [-0.2, 0) is 9.59 Å². The summed E-state index contributed by atoms with van der Waals surface area (Å²) in [5, 5.41) is 20.6. The van der Waals surface area contributed by atoms with Crippen LogP contribution in [0, 0.1) is 12.3 Å². The van der Waals surface area contributed by atoms with Gasteiger partial charge in [0.15, 0.2) is 0 Å². The molecular weight excluding hydrogens is 452 g/mol. The normalized spacial score (nSPS) is 11.4. The molecule has 0 saturated carbocycles. The summed E-state index contributed by atoms with van der Waals surface area (Å²) < 4.78 is 6.93. The fraction of sp³-hybridized carbons (Fsp3) is 0.231. The van der Waals surface area contributed by atoms with Crippen LogP contribution in [0.3, 0.4) is 0 Å². The van der Waals surface area contributed by atoms with E-state index in [1.807, 2.05) is 72.5 Å². The van der Waals surface area contributed by atoms with Crippen LogP contribution in [0.1, 0.15) is 13.3 Å². The summed E-state index contributed by atoms with van der Waals surface area (Å²) >= 11 is 1.32. The molecule has 176 valence electrons. The first-order valence-corrected chi connectivity index (χ1v) is 11.4. The summed E-state index contributed by atoms with van der Waals surface area (Å²) in [5.41, 5.74) is 1.53. The number of fused-ring (bicyclic) bond motifs is 1. The van der Waals surface area contributed by atoms with Crippen molar-refractivity contribution in [2.75, 3.05) is 29.4 Å². The van der Waals surface area contributed by atoms with E-state index < -0.39 is 11.9 Å². The van der Waals surface area contributed by atoms with E-state index >= 15 is 0 Å². The molecule has 3 rings (SSSR count). The van der Waals surface area contributed by atoms with Gasteiger partial charge in [-0.1, -0.05) is 30.2 Å². The van der Waals surface area contributed by atoms with Crippen molar-refractivity contribution in [1.29, 1.82) is 0 Å². The molecule has 0 aliphatic rings. The van der Waals surface area contributed by atoms with Crippen LogP contribution in [0.5, 0.6) is 5.75 Å². The van der Waals surface area contributed by atoms with Gasteiger partial charge >= 0.3 is 11.9 Å². The standard InChI is InChI=1S/C26H26N2O5S/c1-4-15-27(18(2)16-25(29)30)23-13-14-24(22-8-6-5-7-21(22)23)28(17-26(31)32)34-20-11-9-19(33-3)10-12-20/h1,5-14,18H,15-17H2,2-3H3,(H,29,30)(H,31,32)/t18-/m0/s1.